The summed E-state index contributed by atoms with van der Waals surface area (Å²) in [6.07, 6.45) is 0. The van der Waals surface area contributed by atoms with Crippen LogP contribution in [0.1, 0.15) is 0 Å². The number of rotatable bonds is 3. The first kappa shape index (κ1) is 32.3. The number of fused-ring (bicyclic) bond motifs is 12. The smallest absolute Gasteiger partial charge is 0.0433 e. The molecule has 13 rings (SSSR count). The lowest BCUT2D eigenvalue weighted by atomic mass is 9.85. The molecule has 0 saturated carbocycles. The van der Waals surface area contributed by atoms with E-state index in [1.54, 1.807) is 0 Å². The fourth-order valence-electron chi connectivity index (χ4n) is 9.64. The van der Waals surface area contributed by atoms with E-state index in [-0.39, 0.29) is 0 Å². The second-order valence-electron chi connectivity index (χ2n) is 15.6. The van der Waals surface area contributed by atoms with E-state index in [4.69, 9.17) is 0 Å². The maximum Gasteiger partial charge on any atom is 0.0433 e. The zero-order chi connectivity index (χ0) is 37.9. The third-order valence-corrected chi connectivity index (χ3v) is 14.7. The van der Waals surface area contributed by atoms with E-state index in [0.717, 1.165) is 0 Å². The molecule has 0 radical (unpaired) electrons. The zero-order valence-electron chi connectivity index (χ0n) is 31.3. The molecular weight excluding hydrogens is 737 g/mol. The zero-order valence-corrected chi connectivity index (χ0v) is 32.9. The van der Waals surface area contributed by atoms with Crippen LogP contribution in [0.4, 0.5) is 0 Å². The Balaban J connectivity index is 0.907. The van der Waals surface area contributed by atoms with Gasteiger partial charge in [-0.3, -0.25) is 0 Å². The number of hydrogen-bond acceptors (Lipinski definition) is 2. The van der Waals surface area contributed by atoms with Crippen LogP contribution in [0.3, 0.4) is 0 Å². The molecule has 13 aromatic rings. The van der Waals surface area contributed by atoms with Gasteiger partial charge in [-0.15, -0.1) is 22.7 Å². The van der Waals surface area contributed by atoms with Crippen molar-refractivity contribution in [1.29, 1.82) is 0 Å². The second kappa shape index (κ2) is 12.3. The molecule has 0 saturated heterocycles. The van der Waals surface area contributed by atoms with Gasteiger partial charge in [0.15, 0.2) is 0 Å². The quantitative estimate of drug-likeness (QED) is 0.157. The first-order chi connectivity index (χ1) is 28.7. The molecule has 2 aromatic heterocycles. The molecule has 0 unspecified atom stereocenters. The Bertz CT molecular complexity index is 3800. The van der Waals surface area contributed by atoms with Gasteiger partial charge in [-0.1, -0.05) is 152 Å². The van der Waals surface area contributed by atoms with Crippen LogP contribution >= 0.6 is 22.7 Å². The predicted molar refractivity (Wildman–Crippen MR) is 256 cm³/mol. The molecule has 0 aliphatic heterocycles. The lowest BCUT2D eigenvalue weighted by Gasteiger charge is -2.18. The SMILES string of the molecule is c1ccc2cc(-c3c4ccccc4c(-c4ccc5cc(-c6ccc7c(ccc8c9cc%10c(cc9sc78)sc7ccccc7%10)c6)ccc5c4)c4ccccc34)ccc2c1. The van der Waals surface area contributed by atoms with Gasteiger partial charge in [-0.25, -0.2) is 0 Å². The largest absolute Gasteiger partial charge is 0.135 e. The first-order valence-electron chi connectivity index (χ1n) is 19.9. The molecule has 0 N–H and O–H groups in total. The fraction of sp³-hybridized carbons (Fsp3) is 0. The van der Waals surface area contributed by atoms with Crippen molar-refractivity contribution in [3.63, 3.8) is 0 Å². The molecule has 0 nitrogen and oxygen atoms in total. The van der Waals surface area contributed by atoms with Gasteiger partial charge in [0.25, 0.3) is 0 Å². The maximum absolute atomic E-state index is 2.43. The van der Waals surface area contributed by atoms with E-state index in [1.165, 1.54) is 128 Å². The van der Waals surface area contributed by atoms with Crippen molar-refractivity contribution in [2.75, 3.05) is 0 Å². The van der Waals surface area contributed by atoms with Crippen LogP contribution in [-0.4, -0.2) is 0 Å². The van der Waals surface area contributed by atoms with Gasteiger partial charge in [0.2, 0.25) is 0 Å². The lowest BCUT2D eigenvalue weighted by Crippen LogP contribution is -1.91. The second-order valence-corrected chi connectivity index (χ2v) is 17.7. The molecule has 0 aliphatic rings. The van der Waals surface area contributed by atoms with Crippen LogP contribution in [-0.2, 0) is 0 Å². The van der Waals surface area contributed by atoms with Crippen LogP contribution in [0.25, 0.3) is 128 Å². The van der Waals surface area contributed by atoms with E-state index in [1.807, 2.05) is 22.7 Å². The van der Waals surface area contributed by atoms with Crippen molar-refractivity contribution >= 4 is 117 Å². The summed E-state index contributed by atoms with van der Waals surface area (Å²) in [6, 6.07) is 72.7. The van der Waals surface area contributed by atoms with E-state index in [9.17, 15) is 0 Å². The average molecular weight is 769 g/mol. The highest BCUT2D eigenvalue weighted by atomic mass is 32.1. The van der Waals surface area contributed by atoms with Crippen LogP contribution in [0.2, 0.25) is 0 Å². The molecule has 0 aliphatic carbocycles. The Morgan fingerprint density at radius 3 is 1.36 bits per heavy atom. The molecule has 58 heavy (non-hydrogen) atoms. The van der Waals surface area contributed by atoms with Crippen molar-refractivity contribution in [3.8, 4) is 33.4 Å². The van der Waals surface area contributed by atoms with E-state index >= 15 is 0 Å². The van der Waals surface area contributed by atoms with E-state index in [0.29, 0.717) is 0 Å². The minimum atomic E-state index is 1.24. The molecule has 11 aromatic carbocycles. The molecule has 2 heteroatoms. The van der Waals surface area contributed by atoms with Crippen molar-refractivity contribution in [2.45, 2.75) is 0 Å². The fourth-order valence-corrected chi connectivity index (χ4v) is 12.1. The van der Waals surface area contributed by atoms with Crippen LogP contribution in [0, 0.1) is 0 Å². The lowest BCUT2D eigenvalue weighted by molar-refractivity contribution is 1.67. The molecule has 2 heterocycles. The summed E-state index contributed by atoms with van der Waals surface area (Å²) < 4.78 is 5.46. The minimum Gasteiger partial charge on any atom is -0.135 e. The van der Waals surface area contributed by atoms with Crippen LogP contribution < -0.4 is 0 Å². The average Bonchev–Trinajstić information content (AvgIpc) is 3.84. The maximum atomic E-state index is 2.43. The van der Waals surface area contributed by atoms with Crippen molar-refractivity contribution in [2.24, 2.45) is 0 Å². The molecule has 0 atom stereocenters. The van der Waals surface area contributed by atoms with E-state index < -0.39 is 0 Å². The Morgan fingerprint density at radius 1 is 0.224 bits per heavy atom. The van der Waals surface area contributed by atoms with Crippen molar-refractivity contribution in [3.05, 3.63) is 194 Å². The molecular formula is C56H32S2. The summed E-state index contributed by atoms with van der Waals surface area (Å²) in [7, 11) is 0. The Labute approximate surface area is 342 Å². The Hall–Kier alpha value is -6.84. The molecule has 0 spiro atoms. The summed E-state index contributed by atoms with van der Waals surface area (Å²) in [5.41, 5.74) is 7.55. The van der Waals surface area contributed by atoms with Gasteiger partial charge in [0, 0.05) is 40.3 Å². The van der Waals surface area contributed by atoms with Crippen molar-refractivity contribution < 1.29 is 0 Å². The number of hydrogen-bond donors (Lipinski definition) is 0. The van der Waals surface area contributed by atoms with Crippen LogP contribution in [0.15, 0.2) is 194 Å². The standard InChI is InChI=1S/C56H32S2/c1-2-10-34-29-40(21-17-33(34)9-1)54-44-12-3-5-14-46(44)55(47-15-6-4-13-45(47)54)41-22-20-36-27-35(18-19-37(36)30-41)38-23-25-42-39(28-38)24-26-48-50-31-49-43-11-7-8-16-51(43)57-52(49)32-53(50)58-56(42)48/h1-32H. The summed E-state index contributed by atoms with van der Waals surface area (Å²) in [4.78, 5) is 0. The topological polar surface area (TPSA) is 0 Å². The van der Waals surface area contributed by atoms with Crippen molar-refractivity contribution in [1.82, 2.24) is 0 Å². The summed E-state index contributed by atoms with van der Waals surface area (Å²) >= 11 is 3.82. The third kappa shape index (κ3) is 4.80. The molecule has 0 bridgehead atoms. The molecule has 0 amide bonds. The number of benzene rings is 11. The summed E-state index contributed by atoms with van der Waals surface area (Å²) in [6.45, 7) is 0. The number of thiophene rings is 2. The van der Waals surface area contributed by atoms with Gasteiger partial charge in [-0.2, -0.15) is 0 Å². The predicted octanol–water partition coefficient (Wildman–Crippen LogP) is 17.2. The van der Waals surface area contributed by atoms with Gasteiger partial charge >= 0.3 is 0 Å². The van der Waals surface area contributed by atoms with Crippen LogP contribution in [0.5, 0.6) is 0 Å². The van der Waals surface area contributed by atoms with E-state index in [2.05, 4.69) is 194 Å². The Kier molecular flexibility index (Phi) is 6.86. The Morgan fingerprint density at radius 2 is 0.672 bits per heavy atom. The molecule has 0 fully saturated rings. The highest BCUT2D eigenvalue weighted by Crippen LogP contribution is 2.46. The highest BCUT2D eigenvalue weighted by Gasteiger charge is 2.18. The van der Waals surface area contributed by atoms with Gasteiger partial charge in [0.05, 0.1) is 0 Å². The first-order valence-corrected chi connectivity index (χ1v) is 21.5. The monoisotopic (exact) mass is 768 g/mol. The normalized spacial score (nSPS) is 12.1. The summed E-state index contributed by atoms with van der Waals surface area (Å²) in [5, 5.41) is 18.2. The van der Waals surface area contributed by atoms with Gasteiger partial charge in [0.1, 0.15) is 0 Å². The van der Waals surface area contributed by atoms with Gasteiger partial charge in [-0.05, 0) is 130 Å². The molecule has 268 valence electrons. The highest BCUT2D eigenvalue weighted by molar-refractivity contribution is 7.28. The third-order valence-electron chi connectivity index (χ3n) is 12.4. The minimum absolute atomic E-state index is 1.24. The van der Waals surface area contributed by atoms with Gasteiger partial charge < -0.3 is 0 Å². The summed E-state index contributed by atoms with van der Waals surface area (Å²) in [5.74, 6) is 0.